The second-order valence-electron chi connectivity index (χ2n) is 7.48. The maximum absolute atomic E-state index is 5.67. The SMILES string of the molecule is C#CC/C([SH+]c1ccc(C(C)(C)C)cc1)=C(\C=C/C)C/C(C)=C/C=C\C.CC. The molecule has 1 rings (SSSR count). The standard InChI is InChI=1S/C25H32S.C2H6/c1-8-11-14-20(4)19-21(12-9-2)24(13-10-3)26-23-17-15-22(16-18-23)25(5,6)7;1-2/h3,8-9,11-12,14-18H,13,19H2,1-2,4-7H3;1-2H3/p+1/b11-8-,12-9-,20-14+,24-21-;. The van der Waals surface area contributed by atoms with E-state index in [4.69, 9.17) is 6.42 Å². The van der Waals surface area contributed by atoms with Crippen LogP contribution in [-0.4, -0.2) is 0 Å². The molecule has 0 heterocycles. The molecule has 0 aliphatic rings. The van der Waals surface area contributed by atoms with Crippen molar-refractivity contribution in [1.82, 2.24) is 0 Å². The van der Waals surface area contributed by atoms with Crippen molar-refractivity contribution in [3.05, 3.63) is 76.3 Å². The van der Waals surface area contributed by atoms with Crippen LogP contribution in [0.1, 0.15) is 73.8 Å². The fourth-order valence-corrected chi connectivity index (χ4v) is 3.67. The van der Waals surface area contributed by atoms with Crippen molar-refractivity contribution in [3.63, 3.8) is 0 Å². The second-order valence-corrected chi connectivity index (χ2v) is 8.76. The molecule has 0 saturated carbocycles. The fourth-order valence-electron chi connectivity index (χ4n) is 2.59. The molecule has 0 N–H and O–H groups in total. The highest BCUT2D eigenvalue weighted by atomic mass is 32.2. The van der Waals surface area contributed by atoms with Gasteiger partial charge in [0.15, 0.2) is 9.80 Å². The van der Waals surface area contributed by atoms with Gasteiger partial charge in [0.25, 0.3) is 0 Å². The number of benzene rings is 1. The molecule has 0 spiro atoms. The van der Waals surface area contributed by atoms with Crippen LogP contribution < -0.4 is 0 Å². The molecule has 0 nitrogen and oxygen atoms in total. The number of hydrogen-bond donors (Lipinski definition) is 0. The van der Waals surface area contributed by atoms with Crippen molar-refractivity contribution in [2.45, 2.75) is 78.5 Å². The van der Waals surface area contributed by atoms with E-state index < -0.39 is 0 Å². The molecule has 0 saturated heterocycles. The molecule has 0 fully saturated rings. The summed E-state index contributed by atoms with van der Waals surface area (Å²) in [6.07, 6.45) is 17.9. The average Bonchev–Trinajstić information content (AvgIpc) is 2.67. The van der Waals surface area contributed by atoms with Gasteiger partial charge < -0.3 is 0 Å². The summed E-state index contributed by atoms with van der Waals surface area (Å²) in [4.78, 5) is 2.60. The zero-order valence-electron chi connectivity index (χ0n) is 19.1. The number of allylic oxidation sites excluding steroid dienone is 8. The van der Waals surface area contributed by atoms with Gasteiger partial charge in [0, 0.05) is 17.3 Å². The Morgan fingerprint density at radius 3 is 2.14 bits per heavy atom. The van der Waals surface area contributed by atoms with E-state index in [2.05, 4.69) is 95.2 Å². The predicted octanol–water partition coefficient (Wildman–Crippen LogP) is 7.95. The third-order valence-corrected chi connectivity index (χ3v) is 5.32. The molecule has 0 bridgehead atoms. The lowest BCUT2D eigenvalue weighted by atomic mass is 9.87. The Morgan fingerprint density at radius 1 is 1.07 bits per heavy atom. The van der Waals surface area contributed by atoms with E-state index in [-0.39, 0.29) is 5.41 Å². The van der Waals surface area contributed by atoms with E-state index >= 15 is 0 Å². The summed E-state index contributed by atoms with van der Waals surface area (Å²) in [5.41, 5.74) is 4.20. The Hall–Kier alpha value is -1.91. The van der Waals surface area contributed by atoms with E-state index in [1.807, 2.05) is 20.8 Å². The smallest absolute Gasteiger partial charge is 0.120 e. The zero-order valence-corrected chi connectivity index (χ0v) is 20.0. The van der Waals surface area contributed by atoms with Crippen molar-refractivity contribution in [2.75, 3.05) is 0 Å². The van der Waals surface area contributed by atoms with E-state index in [1.54, 1.807) is 0 Å². The van der Waals surface area contributed by atoms with Crippen LogP contribution in [0, 0.1) is 12.3 Å². The maximum atomic E-state index is 5.67. The van der Waals surface area contributed by atoms with Crippen molar-refractivity contribution in [2.24, 2.45) is 0 Å². The molecule has 0 aliphatic carbocycles. The van der Waals surface area contributed by atoms with Crippen molar-refractivity contribution in [1.29, 1.82) is 0 Å². The molecule has 28 heavy (non-hydrogen) atoms. The summed E-state index contributed by atoms with van der Waals surface area (Å²) in [5, 5.41) is 0. The minimum absolute atomic E-state index is 0.178. The topological polar surface area (TPSA) is 0 Å². The van der Waals surface area contributed by atoms with E-state index in [1.165, 1.54) is 38.3 Å². The number of thiol groups is 1. The molecule has 1 aromatic carbocycles. The van der Waals surface area contributed by atoms with Crippen molar-refractivity contribution in [3.8, 4) is 12.3 Å². The lowest BCUT2D eigenvalue weighted by Gasteiger charge is -2.18. The highest BCUT2D eigenvalue weighted by Crippen LogP contribution is 2.26. The van der Waals surface area contributed by atoms with Crippen molar-refractivity contribution >= 4 is 11.8 Å². The Bertz CT molecular complexity index is 726. The third-order valence-electron chi connectivity index (χ3n) is 4.05. The quantitative estimate of drug-likeness (QED) is 0.190. The molecule has 1 aromatic rings. The van der Waals surface area contributed by atoms with Crippen LogP contribution >= 0.6 is 0 Å². The molecule has 0 atom stereocenters. The lowest BCUT2D eigenvalue weighted by Crippen LogP contribution is -2.10. The molecular formula is C27H39S+. The number of rotatable bonds is 7. The minimum Gasteiger partial charge on any atom is -0.120 e. The normalized spacial score (nSPS) is 13.2. The van der Waals surface area contributed by atoms with Crippen LogP contribution in [0.2, 0.25) is 0 Å². The van der Waals surface area contributed by atoms with Gasteiger partial charge in [-0.15, -0.1) is 6.42 Å². The Kier molecular flexibility index (Phi) is 13.2. The largest absolute Gasteiger partial charge is 0.158 e. The van der Waals surface area contributed by atoms with Crippen LogP contribution in [-0.2, 0) is 17.2 Å². The van der Waals surface area contributed by atoms with Gasteiger partial charge in [-0.1, -0.05) is 88.6 Å². The number of terminal acetylenes is 1. The Morgan fingerprint density at radius 2 is 1.68 bits per heavy atom. The van der Waals surface area contributed by atoms with E-state index in [9.17, 15) is 0 Å². The first-order valence-electron chi connectivity index (χ1n) is 10.2. The highest BCUT2D eigenvalue weighted by molar-refractivity contribution is 7.82. The minimum atomic E-state index is 0.178. The Labute approximate surface area is 178 Å². The zero-order chi connectivity index (χ0) is 21.6. The molecule has 0 aliphatic heterocycles. The first kappa shape index (κ1) is 26.1. The number of hydrogen-bond acceptors (Lipinski definition) is 0. The van der Waals surface area contributed by atoms with Crippen LogP contribution in [0.3, 0.4) is 0 Å². The molecular weight excluding hydrogens is 356 g/mol. The molecule has 0 radical (unpaired) electrons. The first-order valence-corrected chi connectivity index (χ1v) is 11.1. The average molecular weight is 396 g/mol. The van der Waals surface area contributed by atoms with Gasteiger partial charge in [-0.3, -0.25) is 0 Å². The van der Waals surface area contributed by atoms with E-state index in [0.29, 0.717) is 6.42 Å². The van der Waals surface area contributed by atoms with Crippen LogP contribution in [0.5, 0.6) is 0 Å². The first-order chi connectivity index (χ1) is 13.3. The van der Waals surface area contributed by atoms with Crippen LogP contribution in [0.4, 0.5) is 0 Å². The van der Waals surface area contributed by atoms with Gasteiger partial charge in [-0.25, -0.2) is 0 Å². The Balaban J connectivity index is 0.00000352. The van der Waals surface area contributed by atoms with Crippen LogP contribution in [0.25, 0.3) is 0 Å². The van der Waals surface area contributed by atoms with Gasteiger partial charge >= 0.3 is 0 Å². The summed E-state index contributed by atoms with van der Waals surface area (Å²) in [6.45, 7) is 17.0. The molecule has 1 heteroatoms. The maximum Gasteiger partial charge on any atom is 0.158 e. The second kappa shape index (κ2) is 14.1. The van der Waals surface area contributed by atoms with E-state index in [0.717, 1.165) is 6.42 Å². The third kappa shape index (κ3) is 9.86. The summed E-state index contributed by atoms with van der Waals surface area (Å²) in [6, 6.07) is 8.94. The lowest BCUT2D eigenvalue weighted by molar-refractivity contribution is 0.590. The van der Waals surface area contributed by atoms with Gasteiger partial charge in [-0.2, -0.15) is 0 Å². The molecule has 0 unspecified atom stereocenters. The molecule has 0 amide bonds. The van der Waals surface area contributed by atoms with Gasteiger partial charge in [0.1, 0.15) is 0 Å². The van der Waals surface area contributed by atoms with Crippen molar-refractivity contribution < 1.29 is 0 Å². The van der Waals surface area contributed by atoms with Crippen LogP contribution in [0.15, 0.2) is 75.6 Å². The summed E-state index contributed by atoms with van der Waals surface area (Å²) >= 11 is 1.20. The summed E-state index contributed by atoms with van der Waals surface area (Å²) in [5.74, 6) is 2.85. The fraction of sp³-hybridized carbons (Fsp3) is 0.407. The van der Waals surface area contributed by atoms with Gasteiger partial charge in [0.05, 0.1) is 6.42 Å². The summed E-state index contributed by atoms with van der Waals surface area (Å²) < 4.78 is 0. The monoisotopic (exact) mass is 395 g/mol. The predicted molar refractivity (Wildman–Crippen MR) is 132 cm³/mol. The highest BCUT2D eigenvalue weighted by Gasteiger charge is 2.17. The summed E-state index contributed by atoms with van der Waals surface area (Å²) in [7, 11) is 0. The molecule has 152 valence electrons. The molecule has 0 aromatic heterocycles. The van der Waals surface area contributed by atoms with Gasteiger partial charge in [-0.05, 0) is 50.3 Å². The van der Waals surface area contributed by atoms with Gasteiger partial charge in [0.2, 0.25) is 0 Å².